The molecule has 1 fully saturated rings. The molecule has 4 heteroatoms. The van der Waals surface area contributed by atoms with Gasteiger partial charge in [0.2, 0.25) is 0 Å². The molecule has 82 valence electrons. The Labute approximate surface area is 93.8 Å². The Balaban J connectivity index is 2.16. The number of nitrogens with zero attached hydrogens (tertiary/aromatic N) is 1. The lowest BCUT2D eigenvalue weighted by Gasteiger charge is -2.23. The van der Waals surface area contributed by atoms with E-state index >= 15 is 0 Å². The van der Waals surface area contributed by atoms with E-state index in [-0.39, 0.29) is 11.4 Å². The lowest BCUT2D eigenvalue weighted by atomic mass is 10.2. The van der Waals surface area contributed by atoms with E-state index < -0.39 is 0 Å². The number of halogens is 2. The maximum absolute atomic E-state index is 13.5. The van der Waals surface area contributed by atoms with Crippen LogP contribution in [0.15, 0.2) is 18.2 Å². The average molecular weight is 229 g/mol. The summed E-state index contributed by atoms with van der Waals surface area (Å²) in [4.78, 5) is 1.83. The summed E-state index contributed by atoms with van der Waals surface area (Å²) in [7, 11) is 1.83. The van der Waals surface area contributed by atoms with Gasteiger partial charge in [-0.05, 0) is 31.0 Å². The maximum atomic E-state index is 13.5. The van der Waals surface area contributed by atoms with Gasteiger partial charge in [0, 0.05) is 24.2 Å². The van der Waals surface area contributed by atoms with Gasteiger partial charge in [-0.2, -0.15) is 0 Å². The minimum absolute atomic E-state index is 0.122. The van der Waals surface area contributed by atoms with Crippen molar-refractivity contribution >= 4 is 17.3 Å². The number of benzene rings is 1. The predicted molar refractivity (Wildman–Crippen MR) is 60.8 cm³/mol. The highest BCUT2D eigenvalue weighted by molar-refractivity contribution is 6.30. The van der Waals surface area contributed by atoms with Crippen LogP contribution in [0, 0.1) is 5.82 Å². The quantitative estimate of drug-likeness (QED) is 0.861. The Morgan fingerprint density at radius 1 is 1.53 bits per heavy atom. The monoisotopic (exact) mass is 228 g/mol. The van der Waals surface area contributed by atoms with Gasteiger partial charge in [0.1, 0.15) is 5.82 Å². The highest BCUT2D eigenvalue weighted by atomic mass is 35.5. The Hall–Kier alpha value is -0.800. The molecule has 0 spiro atoms. The first kappa shape index (κ1) is 10.7. The molecule has 1 saturated carbocycles. The summed E-state index contributed by atoms with van der Waals surface area (Å²) in [5.41, 5.74) is 6.37. The molecule has 2 nitrogen and oxygen atoms in total. The molecule has 0 bridgehead atoms. The molecule has 0 aliphatic heterocycles. The van der Waals surface area contributed by atoms with Gasteiger partial charge < -0.3 is 10.6 Å². The number of hydrogen-bond donors (Lipinski definition) is 1. The van der Waals surface area contributed by atoms with Crippen molar-refractivity contribution < 1.29 is 4.39 Å². The average Bonchev–Trinajstić information content (AvgIpc) is 2.87. The SMILES string of the molecule is CN(CC1(N)CC1)c1cc(Cl)ccc1F. The Morgan fingerprint density at radius 3 is 2.80 bits per heavy atom. The standard InChI is InChI=1S/C11H14ClFN2/c1-15(7-11(14)4-5-11)10-6-8(12)2-3-9(10)13/h2-3,6H,4-5,7,14H2,1H3. The van der Waals surface area contributed by atoms with Crippen LogP contribution < -0.4 is 10.6 Å². The number of likely N-dealkylation sites (N-methyl/N-ethyl adjacent to an activating group) is 1. The van der Waals surface area contributed by atoms with Gasteiger partial charge in [-0.25, -0.2) is 4.39 Å². The first-order chi connectivity index (χ1) is 7.00. The highest BCUT2D eigenvalue weighted by Gasteiger charge is 2.39. The smallest absolute Gasteiger partial charge is 0.146 e. The Bertz CT molecular complexity index is 377. The molecule has 0 atom stereocenters. The normalized spacial score (nSPS) is 17.6. The van der Waals surface area contributed by atoms with Crippen LogP contribution >= 0.6 is 11.6 Å². The van der Waals surface area contributed by atoms with Crippen molar-refractivity contribution in [2.24, 2.45) is 5.73 Å². The molecule has 1 aliphatic carbocycles. The minimum atomic E-state index is -0.258. The van der Waals surface area contributed by atoms with Crippen LogP contribution in [-0.4, -0.2) is 19.1 Å². The van der Waals surface area contributed by atoms with E-state index in [1.54, 1.807) is 12.1 Å². The summed E-state index contributed by atoms with van der Waals surface area (Å²) in [5, 5.41) is 0.542. The first-order valence-corrected chi connectivity index (χ1v) is 5.33. The molecule has 0 heterocycles. The molecule has 0 amide bonds. The van der Waals surface area contributed by atoms with Crippen molar-refractivity contribution in [2.75, 3.05) is 18.5 Å². The van der Waals surface area contributed by atoms with Crippen molar-refractivity contribution in [3.8, 4) is 0 Å². The van der Waals surface area contributed by atoms with E-state index in [1.165, 1.54) is 6.07 Å². The fourth-order valence-corrected chi connectivity index (χ4v) is 1.82. The summed E-state index contributed by atoms with van der Waals surface area (Å²) in [5.74, 6) is -0.258. The van der Waals surface area contributed by atoms with Crippen LogP contribution in [0.3, 0.4) is 0 Å². The highest BCUT2D eigenvalue weighted by Crippen LogP contribution is 2.34. The van der Waals surface area contributed by atoms with Gasteiger partial charge in [-0.15, -0.1) is 0 Å². The second-order valence-electron chi connectivity index (χ2n) is 4.31. The summed E-state index contributed by atoms with van der Waals surface area (Å²) < 4.78 is 13.5. The zero-order valence-electron chi connectivity index (χ0n) is 8.63. The van der Waals surface area contributed by atoms with Gasteiger partial charge in [0.05, 0.1) is 5.69 Å². The van der Waals surface area contributed by atoms with Crippen LogP contribution in [0.2, 0.25) is 5.02 Å². The lowest BCUT2D eigenvalue weighted by molar-refractivity contribution is 0.607. The number of hydrogen-bond acceptors (Lipinski definition) is 2. The van der Waals surface area contributed by atoms with Crippen LogP contribution in [0.4, 0.5) is 10.1 Å². The number of rotatable bonds is 3. The largest absolute Gasteiger partial charge is 0.370 e. The van der Waals surface area contributed by atoms with Gasteiger partial charge in [-0.1, -0.05) is 11.6 Å². The number of anilines is 1. The molecule has 15 heavy (non-hydrogen) atoms. The minimum Gasteiger partial charge on any atom is -0.370 e. The van der Waals surface area contributed by atoms with E-state index in [2.05, 4.69) is 0 Å². The van der Waals surface area contributed by atoms with Gasteiger partial charge in [0.15, 0.2) is 0 Å². The molecule has 0 saturated heterocycles. The maximum Gasteiger partial charge on any atom is 0.146 e. The van der Waals surface area contributed by atoms with E-state index in [1.807, 2.05) is 11.9 Å². The third-order valence-corrected chi connectivity index (χ3v) is 3.00. The predicted octanol–water partition coefficient (Wildman–Crippen LogP) is 2.41. The fraction of sp³-hybridized carbons (Fsp3) is 0.455. The Morgan fingerprint density at radius 2 is 2.20 bits per heavy atom. The number of nitrogens with two attached hydrogens (primary N) is 1. The van der Waals surface area contributed by atoms with Gasteiger partial charge in [-0.3, -0.25) is 0 Å². The Kier molecular flexibility index (Phi) is 2.61. The zero-order valence-corrected chi connectivity index (χ0v) is 9.39. The molecular formula is C11H14ClFN2. The molecule has 0 radical (unpaired) electrons. The molecule has 2 N–H and O–H groups in total. The van der Waals surface area contributed by atoms with Crippen molar-refractivity contribution in [3.05, 3.63) is 29.0 Å². The molecule has 0 unspecified atom stereocenters. The van der Waals surface area contributed by atoms with Crippen LogP contribution in [0.1, 0.15) is 12.8 Å². The fourth-order valence-electron chi connectivity index (χ4n) is 1.65. The molecular weight excluding hydrogens is 215 g/mol. The summed E-state index contributed by atoms with van der Waals surface area (Å²) in [6.07, 6.45) is 2.03. The van der Waals surface area contributed by atoms with E-state index in [0.717, 1.165) is 12.8 Å². The van der Waals surface area contributed by atoms with Gasteiger partial charge in [0.25, 0.3) is 0 Å². The van der Waals surface area contributed by atoms with Gasteiger partial charge >= 0.3 is 0 Å². The van der Waals surface area contributed by atoms with Crippen molar-refractivity contribution in [1.29, 1.82) is 0 Å². The summed E-state index contributed by atoms with van der Waals surface area (Å²) in [6, 6.07) is 4.55. The van der Waals surface area contributed by atoms with Crippen molar-refractivity contribution in [3.63, 3.8) is 0 Å². The van der Waals surface area contributed by atoms with Crippen LogP contribution in [0.25, 0.3) is 0 Å². The van der Waals surface area contributed by atoms with E-state index in [4.69, 9.17) is 17.3 Å². The second-order valence-corrected chi connectivity index (χ2v) is 4.75. The molecule has 0 aromatic heterocycles. The molecule has 1 aromatic rings. The second kappa shape index (κ2) is 3.65. The van der Waals surface area contributed by atoms with E-state index in [0.29, 0.717) is 17.3 Å². The topological polar surface area (TPSA) is 29.3 Å². The zero-order chi connectivity index (χ0) is 11.1. The van der Waals surface area contributed by atoms with Crippen LogP contribution in [-0.2, 0) is 0 Å². The third-order valence-electron chi connectivity index (χ3n) is 2.76. The van der Waals surface area contributed by atoms with Crippen molar-refractivity contribution in [1.82, 2.24) is 0 Å². The molecule has 2 rings (SSSR count). The summed E-state index contributed by atoms with van der Waals surface area (Å²) >= 11 is 5.82. The first-order valence-electron chi connectivity index (χ1n) is 4.95. The summed E-state index contributed by atoms with van der Waals surface area (Å²) in [6.45, 7) is 0.671. The van der Waals surface area contributed by atoms with Crippen molar-refractivity contribution in [2.45, 2.75) is 18.4 Å². The molecule has 1 aromatic carbocycles. The van der Waals surface area contributed by atoms with Crippen LogP contribution in [0.5, 0.6) is 0 Å². The third kappa shape index (κ3) is 2.41. The molecule has 1 aliphatic rings. The lowest BCUT2D eigenvalue weighted by Crippen LogP contribution is -2.37. The van der Waals surface area contributed by atoms with E-state index in [9.17, 15) is 4.39 Å².